The van der Waals surface area contributed by atoms with Crippen molar-refractivity contribution in [3.63, 3.8) is 0 Å². The van der Waals surface area contributed by atoms with E-state index in [2.05, 4.69) is 27.8 Å². The van der Waals surface area contributed by atoms with Crippen LogP contribution in [0, 0.1) is 0 Å². The summed E-state index contributed by atoms with van der Waals surface area (Å²) >= 11 is 13.0. The Bertz CT molecular complexity index is 576. The first-order valence-corrected chi connectivity index (χ1v) is 8.95. The molecule has 6 heteroatoms. The van der Waals surface area contributed by atoms with Gasteiger partial charge in [0.05, 0.1) is 11.9 Å². The molecule has 0 saturated carbocycles. The Labute approximate surface area is 145 Å². The average molecular weight is 352 g/mol. The zero-order valence-corrected chi connectivity index (χ0v) is 14.5. The van der Waals surface area contributed by atoms with Crippen LogP contribution < -0.4 is 10.6 Å². The molecule has 1 aromatic carbocycles. The number of halogens is 1. The number of anilines is 1. The minimum atomic E-state index is 0.635. The first-order valence-electron chi connectivity index (χ1n) is 7.01. The number of rotatable bonds is 7. The predicted molar refractivity (Wildman–Crippen MR) is 101 cm³/mol. The summed E-state index contributed by atoms with van der Waals surface area (Å²) in [6.07, 6.45) is 4.54. The van der Waals surface area contributed by atoms with E-state index in [9.17, 15) is 0 Å². The second-order valence-corrected chi connectivity index (χ2v) is 6.61. The zero-order valence-electron chi connectivity index (χ0n) is 12.1. The van der Waals surface area contributed by atoms with Crippen molar-refractivity contribution in [2.45, 2.75) is 12.2 Å². The highest BCUT2D eigenvalue weighted by atomic mass is 35.5. The van der Waals surface area contributed by atoms with Crippen LogP contribution in [-0.2, 0) is 5.75 Å². The number of pyridine rings is 1. The van der Waals surface area contributed by atoms with E-state index in [1.165, 1.54) is 5.56 Å². The highest BCUT2D eigenvalue weighted by molar-refractivity contribution is 7.98. The van der Waals surface area contributed by atoms with Gasteiger partial charge in [-0.05, 0) is 54.2 Å². The van der Waals surface area contributed by atoms with Gasteiger partial charge in [-0.2, -0.15) is 11.8 Å². The van der Waals surface area contributed by atoms with Crippen LogP contribution in [0.5, 0.6) is 0 Å². The Morgan fingerprint density at radius 1 is 1.23 bits per heavy atom. The number of nitrogens with zero attached hydrogens (tertiary/aromatic N) is 1. The number of benzene rings is 1. The third-order valence-corrected chi connectivity index (χ3v) is 4.47. The summed E-state index contributed by atoms with van der Waals surface area (Å²) < 4.78 is 0. The molecule has 0 fully saturated rings. The second-order valence-electron chi connectivity index (χ2n) is 4.66. The summed E-state index contributed by atoms with van der Waals surface area (Å²) in [4.78, 5) is 4.03. The molecule has 116 valence electrons. The molecule has 2 rings (SSSR count). The Hall–Kier alpha value is -1.30. The maximum atomic E-state index is 5.86. The van der Waals surface area contributed by atoms with Crippen LogP contribution in [0.4, 0.5) is 5.69 Å². The molecular weight excluding hydrogens is 334 g/mol. The van der Waals surface area contributed by atoms with E-state index in [0.29, 0.717) is 5.11 Å². The van der Waals surface area contributed by atoms with Gasteiger partial charge in [-0.1, -0.05) is 23.7 Å². The van der Waals surface area contributed by atoms with Crippen LogP contribution in [-0.4, -0.2) is 22.4 Å². The minimum Gasteiger partial charge on any atom is -0.362 e. The van der Waals surface area contributed by atoms with Crippen molar-refractivity contribution in [3.8, 4) is 0 Å². The molecule has 0 amide bonds. The number of aromatic nitrogens is 1. The quantitative estimate of drug-likeness (QED) is 0.573. The van der Waals surface area contributed by atoms with Crippen molar-refractivity contribution in [3.05, 3.63) is 59.4 Å². The lowest BCUT2D eigenvalue weighted by molar-refractivity contribution is 0.854. The van der Waals surface area contributed by atoms with Gasteiger partial charge in [0.15, 0.2) is 5.11 Å². The third kappa shape index (κ3) is 6.64. The SMILES string of the molecule is S=C(NCCCSCc1ccc(Cl)cc1)Nc1cccnc1. The van der Waals surface area contributed by atoms with Gasteiger partial charge in [0.25, 0.3) is 0 Å². The monoisotopic (exact) mass is 351 g/mol. The van der Waals surface area contributed by atoms with E-state index in [0.717, 1.165) is 35.2 Å². The number of nitrogens with one attached hydrogen (secondary N) is 2. The molecular formula is C16H18ClN3S2. The van der Waals surface area contributed by atoms with Gasteiger partial charge in [-0.15, -0.1) is 0 Å². The lowest BCUT2D eigenvalue weighted by Crippen LogP contribution is -2.29. The van der Waals surface area contributed by atoms with Crippen molar-refractivity contribution in [1.29, 1.82) is 0 Å². The van der Waals surface area contributed by atoms with Gasteiger partial charge in [0, 0.05) is 23.5 Å². The highest BCUT2D eigenvalue weighted by Gasteiger charge is 1.98. The van der Waals surface area contributed by atoms with Crippen LogP contribution in [0.3, 0.4) is 0 Å². The fraction of sp³-hybridized carbons (Fsp3) is 0.250. The van der Waals surface area contributed by atoms with Crippen molar-refractivity contribution in [2.75, 3.05) is 17.6 Å². The molecule has 0 unspecified atom stereocenters. The van der Waals surface area contributed by atoms with Crippen molar-refractivity contribution < 1.29 is 0 Å². The molecule has 22 heavy (non-hydrogen) atoms. The molecule has 0 aliphatic rings. The molecule has 2 aromatic rings. The predicted octanol–water partition coefficient (Wildman–Crippen LogP) is 4.34. The van der Waals surface area contributed by atoms with Crippen LogP contribution in [0.25, 0.3) is 0 Å². The lowest BCUT2D eigenvalue weighted by Gasteiger charge is -2.09. The molecule has 3 nitrogen and oxygen atoms in total. The number of hydrogen-bond acceptors (Lipinski definition) is 3. The van der Waals surface area contributed by atoms with E-state index in [1.807, 2.05) is 36.0 Å². The summed E-state index contributed by atoms with van der Waals surface area (Å²) in [5, 5.41) is 7.72. The van der Waals surface area contributed by atoms with Gasteiger partial charge in [0.1, 0.15) is 0 Å². The van der Waals surface area contributed by atoms with Crippen LogP contribution in [0.15, 0.2) is 48.8 Å². The average Bonchev–Trinajstić information content (AvgIpc) is 2.53. The first-order chi connectivity index (χ1) is 10.7. The van der Waals surface area contributed by atoms with Crippen LogP contribution >= 0.6 is 35.6 Å². The summed E-state index contributed by atoms with van der Waals surface area (Å²) in [6.45, 7) is 0.861. The van der Waals surface area contributed by atoms with E-state index in [4.69, 9.17) is 23.8 Å². The summed E-state index contributed by atoms with van der Waals surface area (Å²) in [5.74, 6) is 2.10. The standard InChI is InChI=1S/C16H18ClN3S2/c17-14-6-4-13(5-7-14)12-22-10-2-9-19-16(21)20-15-3-1-8-18-11-15/h1,3-8,11H,2,9-10,12H2,(H2,19,20,21). The fourth-order valence-corrected chi connectivity index (χ4v) is 3.03. The molecule has 0 atom stereocenters. The first kappa shape index (κ1) is 17.1. The molecule has 0 bridgehead atoms. The Morgan fingerprint density at radius 3 is 2.77 bits per heavy atom. The van der Waals surface area contributed by atoms with Gasteiger partial charge in [-0.25, -0.2) is 0 Å². The van der Waals surface area contributed by atoms with Crippen molar-refractivity contribution >= 4 is 46.4 Å². The number of thiocarbonyl (C=S) groups is 1. The van der Waals surface area contributed by atoms with E-state index < -0.39 is 0 Å². The number of thioether (sulfide) groups is 1. The van der Waals surface area contributed by atoms with Crippen LogP contribution in [0.2, 0.25) is 5.02 Å². The normalized spacial score (nSPS) is 10.2. The topological polar surface area (TPSA) is 37.0 Å². The van der Waals surface area contributed by atoms with Gasteiger partial charge < -0.3 is 10.6 Å². The third-order valence-electron chi connectivity index (χ3n) is 2.85. The molecule has 0 aliphatic heterocycles. The highest BCUT2D eigenvalue weighted by Crippen LogP contribution is 2.15. The van der Waals surface area contributed by atoms with Crippen LogP contribution in [0.1, 0.15) is 12.0 Å². The van der Waals surface area contributed by atoms with Crippen molar-refractivity contribution in [1.82, 2.24) is 10.3 Å². The van der Waals surface area contributed by atoms with Gasteiger partial charge in [-0.3, -0.25) is 4.98 Å². The maximum Gasteiger partial charge on any atom is 0.170 e. The second kappa shape index (κ2) is 9.66. The maximum absolute atomic E-state index is 5.86. The van der Waals surface area contributed by atoms with Gasteiger partial charge >= 0.3 is 0 Å². The smallest absolute Gasteiger partial charge is 0.170 e. The summed E-state index contributed by atoms with van der Waals surface area (Å²) in [7, 11) is 0. The Morgan fingerprint density at radius 2 is 2.05 bits per heavy atom. The molecule has 0 radical (unpaired) electrons. The molecule has 0 saturated heterocycles. The largest absolute Gasteiger partial charge is 0.362 e. The van der Waals surface area contributed by atoms with E-state index in [1.54, 1.807) is 12.4 Å². The molecule has 1 aromatic heterocycles. The van der Waals surface area contributed by atoms with E-state index in [-0.39, 0.29) is 0 Å². The zero-order chi connectivity index (χ0) is 15.6. The minimum absolute atomic E-state index is 0.635. The Kier molecular flexibility index (Phi) is 7.49. The van der Waals surface area contributed by atoms with E-state index >= 15 is 0 Å². The molecule has 2 N–H and O–H groups in total. The molecule has 0 aliphatic carbocycles. The Balaban J connectivity index is 1.54. The summed E-state index contributed by atoms with van der Waals surface area (Å²) in [6, 6.07) is 11.8. The number of hydrogen-bond donors (Lipinski definition) is 2. The molecule has 0 spiro atoms. The molecule has 1 heterocycles. The fourth-order valence-electron chi connectivity index (χ4n) is 1.76. The van der Waals surface area contributed by atoms with Gasteiger partial charge in [0.2, 0.25) is 0 Å². The summed E-state index contributed by atoms with van der Waals surface area (Å²) in [5.41, 5.74) is 2.20. The van der Waals surface area contributed by atoms with Crippen molar-refractivity contribution in [2.24, 2.45) is 0 Å². The lowest BCUT2D eigenvalue weighted by atomic mass is 10.2.